The number of thiophene rings is 1. The van der Waals surface area contributed by atoms with E-state index < -0.39 is 0 Å². The molecule has 1 aliphatic heterocycles. The maximum atomic E-state index is 12.5. The Balaban J connectivity index is 1.67. The Morgan fingerprint density at radius 2 is 2.45 bits per heavy atom. The summed E-state index contributed by atoms with van der Waals surface area (Å²) < 4.78 is 4.29. The predicted octanol–water partition coefficient (Wildman–Crippen LogP) is 2.69. The fraction of sp³-hybridized carbons (Fsp3) is 0.400. The van der Waals surface area contributed by atoms with Gasteiger partial charge in [-0.3, -0.25) is 15.0 Å². The summed E-state index contributed by atoms with van der Waals surface area (Å²) in [6.45, 7) is 1.38. The molecule has 2 aromatic rings. The van der Waals surface area contributed by atoms with Gasteiger partial charge < -0.3 is 0 Å². The maximum absolute atomic E-state index is 12.5. The van der Waals surface area contributed by atoms with E-state index >= 15 is 0 Å². The summed E-state index contributed by atoms with van der Waals surface area (Å²) in [5.41, 5.74) is 0.980. The number of rotatable bonds is 4. The number of hydrogen-bond donors (Lipinski definition) is 1. The Labute approximate surface area is 137 Å². The summed E-state index contributed by atoms with van der Waals surface area (Å²) in [6, 6.07) is 1.80. The Kier molecular flexibility index (Phi) is 4.83. The van der Waals surface area contributed by atoms with E-state index in [2.05, 4.69) is 25.5 Å². The summed E-state index contributed by atoms with van der Waals surface area (Å²) >= 11 is 2.81. The van der Waals surface area contributed by atoms with Gasteiger partial charge in [0.15, 0.2) is 5.82 Å². The second-order valence-electron chi connectivity index (χ2n) is 5.11. The average molecular weight is 332 g/mol. The standard InChI is InChI=1S/C15H16N4OS2/c1-2-7-19-8-4-3-5-12(19)14(20)17-15-16-13(18-22-15)11-6-9-21-10-11/h1,6,9-10,12H,3-5,7-8H2,(H,16,17,18,20). The molecule has 5 nitrogen and oxygen atoms in total. The zero-order valence-electron chi connectivity index (χ0n) is 12.0. The van der Waals surface area contributed by atoms with Crippen LogP contribution < -0.4 is 5.32 Å². The molecule has 3 rings (SSSR count). The zero-order chi connectivity index (χ0) is 15.4. The molecule has 1 saturated heterocycles. The van der Waals surface area contributed by atoms with Crippen LogP contribution in [0.1, 0.15) is 19.3 Å². The topological polar surface area (TPSA) is 58.1 Å². The molecule has 1 fully saturated rings. The van der Waals surface area contributed by atoms with Crippen molar-refractivity contribution in [2.45, 2.75) is 25.3 Å². The van der Waals surface area contributed by atoms with Crippen LogP contribution in [0.25, 0.3) is 11.4 Å². The number of carbonyl (C=O) groups excluding carboxylic acids is 1. The predicted molar refractivity (Wildman–Crippen MR) is 89.9 cm³/mol. The van der Waals surface area contributed by atoms with Crippen LogP contribution in [-0.2, 0) is 4.79 Å². The van der Waals surface area contributed by atoms with E-state index in [9.17, 15) is 4.79 Å². The third kappa shape index (κ3) is 3.35. The molecule has 0 saturated carbocycles. The monoisotopic (exact) mass is 332 g/mol. The smallest absolute Gasteiger partial charge is 0.243 e. The molecule has 1 amide bonds. The van der Waals surface area contributed by atoms with E-state index in [1.807, 2.05) is 16.8 Å². The van der Waals surface area contributed by atoms with Crippen LogP contribution in [0.4, 0.5) is 5.13 Å². The SMILES string of the molecule is C#CCN1CCCCC1C(=O)Nc1nc(-c2ccsc2)ns1. The van der Waals surface area contributed by atoms with Crippen molar-refractivity contribution in [2.75, 3.05) is 18.4 Å². The largest absolute Gasteiger partial charge is 0.299 e. The Bertz CT molecular complexity index is 674. The van der Waals surface area contributed by atoms with Crippen LogP contribution in [0.2, 0.25) is 0 Å². The van der Waals surface area contributed by atoms with Crippen LogP contribution in [0.5, 0.6) is 0 Å². The van der Waals surface area contributed by atoms with Gasteiger partial charge in [-0.1, -0.05) is 12.3 Å². The van der Waals surface area contributed by atoms with Crippen LogP contribution in [-0.4, -0.2) is 39.3 Å². The Morgan fingerprint density at radius 3 is 3.23 bits per heavy atom. The lowest BCUT2D eigenvalue weighted by atomic mass is 10.0. The fourth-order valence-electron chi connectivity index (χ4n) is 2.57. The second kappa shape index (κ2) is 7.01. The number of anilines is 1. The molecule has 114 valence electrons. The first-order valence-electron chi connectivity index (χ1n) is 7.12. The number of amides is 1. The van der Waals surface area contributed by atoms with Crippen molar-refractivity contribution in [2.24, 2.45) is 0 Å². The lowest BCUT2D eigenvalue weighted by Gasteiger charge is -2.32. The third-order valence-corrected chi connectivity index (χ3v) is 4.96. The summed E-state index contributed by atoms with van der Waals surface area (Å²) in [5, 5.41) is 7.39. The van der Waals surface area contributed by atoms with E-state index in [0.29, 0.717) is 17.5 Å². The van der Waals surface area contributed by atoms with E-state index in [1.54, 1.807) is 11.3 Å². The number of piperidine rings is 1. The molecular weight excluding hydrogens is 316 g/mol. The highest BCUT2D eigenvalue weighted by Gasteiger charge is 2.28. The van der Waals surface area contributed by atoms with Gasteiger partial charge in [0.05, 0.1) is 12.6 Å². The second-order valence-corrected chi connectivity index (χ2v) is 6.64. The number of carbonyl (C=O) groups is 1. The number of likely N-dealkylation sites (tertiary alicyclic amines) is 1. The Morgan fingerprint density at radius 1 is 1.55 bits per heavy atom. The molecule has 1 unspecified atom stereocenters. The molecule has 0 spiro atoms. The molecule has 1 aliphatic rings. The molecule has 22 heavy (non-hydrogen) atoms. The maximum Gasteiger partial charge on any atom is 0.243 e. The molecule has 1 N–H and O–H groups in total. The summed E-state index contributed by atoms with van der Waals surface area (Å²) in [4.78, 5) is 18.9. The van der Waals surface area contributed by atoms with Crippen molar-refractivity contribution >= 4 is 33.9 Å². The highest BCUT2D eigenvalue weighted by molar-refractivity contribution is 7.10. The number of hydrogen-bond acceptors (Lipinski definition) is 6. The minimum atomic E-state index is -0.168. The van der Waals surface area contributed by atoms with Gasteiger partial charge in [0, 0.05) is 22.5 Å². The zero-order valence-corrected chi connectivity index (χ0v) is 13.6. The summed E-state index contributed by atoms with van der Waals surface area (Å²) in [5.74, 6) is 3.25. The number of terminal acetylenes is 1. The molecule has 7 heteroatoms. The molecular formula is C15H16N4OS2. The van der Waals surface area contributed by atoms with Crippen molar-refractivity contribution in [3.63, 3.8) is 0 Å². The molecule has 0 aromatic carbocycles. The minimum Gasteiger partial charge on any atom is -0.299 e. The van der Waals surface area contributed by atoms with Gasteiger partial charge in [-0.05, 0) is 30.8 Å². The first kappa shape index (κ1) is 15.2. The van der Waals surface area contributed by atoms with Crippen LogP contribution in [0.3, 0.4) is 0 Å². The highest BCUT2D eigenvalue weighted by atomic mass is 32.1. The van der Waals surface area contributed by atoms with Crippen LogP contribution in [0.15, 0.2) is 16.8 Å². The Hall–Kier alpha value is -1.75. The van der Waals surface area contributed by atoms with Gasteiger partial charge in [-0.2, -0.15) is 20.7 Å². The van der Waals surface area contributed by atoms with Gasteiger partial charge in [0.25, 0.3) is 0 Å². The molecule has 2 aromatic heterocycles. The average Bonchev–Trinajstić information content (AvgIpc) is 3.19. The molecule has 0 bridgehead atoms. The van der Waals surface area contributed by atoms with Crippen LogP contribution >= 0.6 is 22.9 Å². The van der Waals surface area contributed by atoms with Crippen molar-refractivity contribution in [3.05, 3.63) is 16.8 Å². The van der Waals surface area contributed by atoms with E-state index in [-0.39, 0.29) is 11.9 Å². The first-order chi connectivity index (χ1) is 10.8. The van der Waals surface area contributed by atoms with Gasteiger partial charge in [-0.25, -0.2) is 0 Å². The molecule has 1 atom stereocenters. The molecule has 0 radical (unpaired) electrons. The first-order valence-corrected chi connectivity index (χ1v) is 8.84. The summed E-state index contributed by atoms with van der Waals surface area (Å²) in [6.07, 6.45) is 8.37. The lowest BCUT2D eigenvalue weighted by molar-refractivity contribution is -0.122. The van der Waals surface area contributed by atoms with Crippen molar-refractivity contribution in [1.82, 2.24) is 14.3 Å². The number of nitrogens with zero attached hydrogens (tertiary/aromatic N) is 3. The normalized spacial score (nSPS) is 18.8. The molecule has 3 heterocycles. The minimum absolute atomic E-state index is 0.0389. The molecule has 0 aliphatic carbocycles. The fourth-order valence-corrected chi connectivity index (χ4v) is 3.79. The van der Waals surface area contributed by atoms with E-state index in [4.69, 9.17) is 6.42 Å². The van der Waals surface area contributed by atoms with Gasteiger partial charge in [0.2, 0.25) is 11.0 Å². The van der Waals surface area contributed by atoms with Crippen molar-refractivity contribution in [1.29, 1.82) is 0 Å². The number of nitrogens with one attached hydrogen (secondary N) is 1. The van der Waals surface area contributed by atoms with Gasteiger partial charge >= 0.3 is 0 Å². The van der Waals surface area contributed by atoms with Crippen LogP contribution in [0, 0.1) is 12.3 Å². The van der Waals surface area contributed by atoms with E-state index in [0.717, 1.165) is 31.4 Å². The van der Waals surface area contributed by atoms with Crippen molar-refractivity contribution in [3.8, 4) is 23.7 Å². The lowest BCUT2D eigenvalue weighted by Crippen LogP contribution is -2.47. The van der Waals surface area contributed by atoms with E-state index in [1.165, 1.54) is 11.5 Å². The van der Waals surface area contributed by atoms with Gasteiger partial charge in [0.1, 0.15) is 0 Å². The summed E-state index contributed by atoms with van der Waals surface area (Å²) in [7, 11) is 0. The van der Waals surface area contributed by atoms with Gasteiger partial charge in [-0.15, -0.1) is 6.42 Å². The quantitative estimate of drug-likeness (QED) is 0.875. The number of aromatic nitrogens is 2. The highest BCUT2D eigenvalue weighted by Crippen LogP contribution is 2.24. The third-order valence-electron chi connectivity index (χ3n) is 3.65. The van der Waals surface area contributed by atoms with Crippen molar-refractivity contribution < 1.29 is 4.79 Å².